The summed E-state index contributed by atoms with van der Waals surface area (Å²) in [5, 5.41) is 4.82. The van der Waals surface area contributed by atoms with E-state index in [0.29, 0.717) is 18.0 Å². The molecule has 1 fully saturated rings. The average Bonchev–Trinajstić information content (AvgIpc) is 3.18. The zero-order valence-electron chi connectivity index (χ0n) is 16.9. The van der Waals surface area contributed by atoms with Gasteiger partial charge >= 0.3 is 6.18 Å². The number of guanidine groups is 1. The maximum atomic E-state index is 12.7. The summed E-state index contributed by atoms with van der Waals surface area (Å²) in [6.07, 6.45) is -3.98. The average molecular weight is 553 g/mol. The second-order valence-corrected chi connectivity index (χ2v) is 7.80. The molecule has 30 heavy (non-hydrogen) atoms. The van der Waals surface area contributed by atoms with Gasteiger partial charge in [-0.15, -0.1) is 35.3 Å². The molecule has 1 aromatic heterocycles. The van der Waals surface area contributed by atoms with Gasteiger partial charge in [-0.05, 0) is 12.5 Å². The van der Waals surface area contributed by atoms with Crippen molar-refractivity contribution in [2.75, 3.05) is 39.3 Å². The van der Waals surface area contributed by atoms with Gasteiger partial charge in [0.1, 0.15) is 0 Å². The quantitative estimate of drug-likeness (QED) is 0.333. The number of piperazine rings is 1. The molecule has 0 spiro atoms. The standard InChI is InChI=1S/C20H26F3N5S.HI/c1-2-24-19(25-9-8-18-26-17(15-29-18)20(21,22)23)28-12-10-27(11-13-28)14-16-6-4-3-5-7-16;/h3-7,15H,2,8-14H2,1H3,(H,24,25);1H. The van der Waals surface area contributed by atoms with Crippen molar-refractivity contribution >= 4 is 41.3 Å². The van der Waals surface area contributed by atoms with Crippen LogP contribution in [0.3, 0.4) is 0 Å². The zero-order valence-corrected chi connectivity index (χ0v) is 20.0. The van der Waals surface area contributed by atoms with Gasteiger partial charge in [-0.3, -0.25) is 9.89 Å². The third-order valence-corrected chi connectivity index (χ3v) is 5.59. The number of hydrogen-bond donors (Lipinski definition) is 1. The number of rotatable bonds is 6. The minimum atomic E-state index is -4.38. The molecule has 1 N–H and O–H groups in total. The smallest absolute Gasteiger partial charge is 0.357 e. The van der Waals surface area contributed by atoms with Gasteiger partial charge in [0.2, 0.25) is 0 Å². The van der Waals surface area contributed by atoms with Crippen LogP contribution in [0.25, 0.3) is 0 Å². The van der Waals surface area contributed by atoms with E-state index in [1.807, 2.05) is 13.0 Å². The Bertz CT molecular complexity index is 789. The fraction of sp³-hybridized carbons (Fsp3) is 0.500. The second-order valence-electron chi connectivity index (χ2n) is 6.86. The molecule has 0 saturated carbocycles. The van der Waals surface area contributed by atoms with Crippen LogP contribution in [0.1, 0.15) is 23.2 Å². The molecule has 0 radical (unpaired) electrons. The number of nitrogens with one attached hydrogen (secondary N) is 1. The number of alkyl halides is 3. The number of halogens is 4. The first-order chi connectivity index (χ1) is 14.0. The van der Waals surface area contributed by atoms with Gasteiger partial charge in [-0.1, -0.05) is 30.3 Å². The first kappa shape index (κ1) is 24.9. The topological polar surface area (TPSA) is 43.8 Å². The fourth-order valence-electron chi connectivity index (χ4n) is 3.20. The lowest BCUT2D eigenvalue weighted by molar-refractivity contribution is -0.140. The Morgan fingerprint density at radius 1 is 1.17 bits per heavy atom. The van der Waals surface area contributed by atoms with Crippen LogP contribution in [-0.4, -0.2) is 60.0 Å². The number of hydrogen-bond acceptors (Lipinski definition) is 4. The number of thiazole rings is 1. The first-order valence-electron chi connectivity index (χ1n) is 9.77. The van der Waals surface area contributed by atoms with E-state index < -0.39 is 11.9 Å². The van der Waals surface area contributed by atoms with Crippen molar-refractivity contribution in [3.63, 3.8) is 0 Å². The molecule has 2 aromatic rings. The van der Waals surface area contributed by atoms with E-state index in [9.17, 15) is 13.2 Å². The summed E-state index contributed by atoms with van der Waals surface area (Å²) in [5.74, 6) is 0.819. The van der Waals surface area contributed by atoms with Crippen molar-refractivity contribution < 1.29 is 13.2 Å². The summed E-state index contributed by atoms with van der Waals surface area (Å²) in [6, 6.07) is 10.4. The molecule has 0 amide bonds. The zero-order chi connectivity index (χ0) is 20.7. The summed E-state index contributed by atoms with van der Waals surface area (Å²) >= 11 is 1.04. The lowest BCUT2D eigenvalue weighted by Crippen LogP contribution is -2.52. The molecule has 3 rings (SSSR count). The van der Waals surface area contributed by atoms with Crippen molar-refractivity contribution in [1.82, 2.24) is 20.1 Å². The molecular formula is C20H27F3IN5S. The number of aromatic nitrogens is 1. The van der Waals surface area contributed by atoms with Crippen molar-refractivity contribution in [1.29, 1.82) is 0 Å². The Labute approximate surface area is 196 Å². The minimum Gasteiger partial charge on any atom is -0.357 e. The third-order valence-electron chi connectivity index (χ3n) is 4.69. The van der Waals surface area contributed by atoms with Crippen LogP contribution >= 0.6 is 35.3 Å². The van der Waals surface area contributed by atoms with E-state index >= 15 is 0 Å². The Kier molecular flexibility index (Phi) is 9.82. The van der Waals surface area contributed by atoms with Crippen LogP contribution in [-0.2, 0) is 19.1 Å². The molecule has 0 aliphatic carbocycles. The predicted molar refractivity (Wildman–Crippen MR) is 126 cm³/mol. The predicted octanol–water partition coefficient (Wildman–Crippen LogP) is 4.11. The maximum Gasteiger partial charge on any atom is 0.434 e. The molecule has 10 heteroatoms. The van der Waals surface area contributed by atoms with Crippen molar-refractivity contribution in [2.24, 2.45) is 4.99 Å². The van der Waals surface area contributed by atoms with E-state index in [-0.39, 0.29) is 24.0 Å². The monoisotopic (exact) mass is 553 g/mol. The number of nitrogens with zero attached hydrogens (tertiary/aromatic N) is 4. The molecule has 1 aromatic carbocycles. The number of aliphatic imine (C=N–C) groups is 1. The molecule has 1 saturated heterocycles. The minimum absolute atomic E-state index is 0. The van der Waals surface area contributed by atoms with Crippen LogP contribution < -0.4 is 5.32 Å². The maximum absolute atomic E-state index is 12.7. The van der Waals surface area contributed by atoms with Crippen molar-refractivity contribution in [2.45, 2.75) is 26.1 Å². The Balaban J connectivity index is 0.00000320. The molecule has 1 aliphatic heterocycles. The molecule has 5 nitrogen and oxygen atoms in total. The van der Waals surface area contributed by atoms with Gasteiger partial charge < -0.3 is 10.2 Å². The highest BCUT2D eigenvalue weighted by Crippen LogP contribution is 2.30. The van der Waals surface area contributed by atoms with Crippen LogP contribution in [0, 0.1) is 0 Å². The van der Waals surface area contributed by atoms with Crippen molar-refractivity contribution in [3.05, 3.63) is 52.0 Å². The van der Waals surface area contributed by atoms with Gasteiger partial charge in [0.25, 0.3) is 0 Å². The molecule has 0 bridgehead atoms. The van der Waals surface area contributed by atoms with Gasteiger partial charge in [-0.2, -0.15) is 13.2 Å². The normalized spacial score (nSPS) is 15.7. The fourth-order valence-corrected chi connectivity index (χ4v) is 3.99. The summed E-state index contributed by atoms with van der Waals surface area (Å²) in [5.41, 5.74) is 0.492. The highest BCUT2D eigenvalue weighted by atomic mass is 127. The summed E-state index contributed by atoms with van der Waals surface area (Å²) < 4.78 is 38.0. The molecule has 0 atom stereocenters. The summed E-state index contributed by atoms with van der Waals surface area (Å²) in [6.45, 7) is 7.74. The largest absolute Gasteiger partial charge is 0.434 e. The SMILES string of the molecule is CCNC(=NCCc1nc(C(F)(F)F)cs1)N1CCN(Cc2ccccc2)CC1.I. The van der Waals surface area contributed by atoms with E-state index in [0.717, 1.165) is 61.9 Å². The van der Waals surface area contributed by atoms with Crippen LogP contribution in [0.2, 0.25) is 0 Å². The lowest BCUT2D eigenvalue weighted by atomic mass is 10.2. The van der Waals surface area contributed by atoms with Crippen molar-refractivity contribution in [3.8, 4) is 0 Å². The molecular weight excluding hydrogens is 526 g/mol. The van der Waals surface area contributed by atoms with Crippen LogP contribution in [0.15, 0.2) is 40.7 Å². The van der Waals surface area contributed by atoms with E-state index in [4.69, 9.17) is 0 Å². The van der Waals surface area contributed by atoms with Gasteiger partial charge in [0.05, 0.1) is 5.01 Å². The molecule has 1 aliphatic rings. The molecule has 166 valence electrons. The van der Waals surface area contributed by atoms with E-state index in [1.54, 1.807) is 0 Å². The van der Waals surface area contributed by atoms with Crippen LogP contribution in [0.5, 0.6) is 0 Å². The Hall–Kier alpha value is -1.40. The highest BCUT2D eigenvalue weighted by Gasteiger charge is 2.33. The lowest BCUT2D eigenvalue weighted by Gasteiger charge is -2.36. The molecule has 2 heterocycles. The highest BCUT2D eigenvalue weighted by molar-refractivity contribution is 14.0. The molecule has 0 unspecified atom stereocenters. The van der Waals surface area contributed by atoms with Gasteiger partial charge in [0.15, 0.2) is 11.7 Å². The second kappa shape index (κ2) is 11.8. The third kappa shape index (κ3) is 7.38. The first-order valence-corrected chi connectivity index (χ1v) is 10.6. The van der Waals surface area contributed by atoms with Gasteiger partial charge in [-0.25, -0.2) is 4.98 Å². The van der Waals surface area contributed by atoms with Crippen LogP contribution in [0.4, 0.5) is 13.2 Å². The Morgan fingerprint density at radius 3 is 2.47 bits per heavy atom. The van der Waals surface area contributed by atoms with E-state index in [2.05, 4.69) is 49.4 Å². The summed E-state index contributed by atoms with van der Waals surface area (Å²) in [7, 11) is 0. The van der Waals surface area contributed by atoms with Gasteiger partial charge in [0, 0.05) is 57.6 Å². The Morgan fingerprint density at radius 2 is 1.87 bits per heavy atom. The van der Waals surface area contributed by atoms with E-state index in [1.165, 1.54) is 5.56 Å². The number of benzene rings is 1. The summed E-state index contributed by atoms with van der Waals surface area (Å²) in [4.78, 5) is 12.9.